The maximum Gasteiger partial charge on any atom is 0.306 e. The minimum absolute atomic E-state index is 0. The zero-order valence-corrected chi connectivity index (χ0v) is 35.4. The van der Waals surface area contributed by atoms with E-state index < -0.39 is 51.0 Å². The van der Waals surface area contributed by atoms with Crippen molar-refractivity contribution in [1.82, 2.24) is 0 Å². The van der Waals surface area contributed by atoms with E-state index in [1.165, 1.54) is 0 Å². The Balaban J connectivity index is 0.000000144. The van der Waals surface area contributed by atoms with E-state index in [0.29, 0.717) is 81.9 Å². The minimum atomic E-state index is -0.976. The lowest BCUT2D eigenvalue weighted by Gasteiger charge is -2.64. The number of ketones is 3. The van der Waals surface area contributed by atoms with Crippen molar-refractivity contribution in [2.45, 2.75) is 161 Å². The van der Waals surface area contributed by atoms with Gasteiger partial charge >= 0.3 is 11.9 Å². The molecule has 12 heteroatoms. The summed E-state index contributed by atoms with van der Waals surface area (Å²) in [5, 5.41) is 43.9. The van der Waals surface area contributed by atoms with Gasteiger partial charge in [-0.05, 0) is 123 Å². The van der Waals surface area contributed by atoms with Crippen LogP contribution in [0.4, 0.5) is 0 Å². The molecule has 2 saturated heterocycles. The molecule has 10 aliphatic carbocycles. The smallest absolute Gasteiger partial charge is 0.306 e. The minimum Gasteiger partial charge on any atom is -0.458 e. The highest BCUT2D eigenvalue weighted by molar-refractivity contribution is 6.08. The third-order valence-electron chi connectivity index (χ3n) is 21.8. The van der Waals surface area contributed by atoms with Gasteiger partial charge in [0, 0.05) is 59.6 Å². The third-order valence-corrected chi connectivity index (χ3v) is 21.8. The van der Waals surface area contributed by atoms with Crippen molar-refractivity contribution in [3.05, 3.63) is 11.3 Å². The van der Waals surface area contributed by atoms with Crippen LogP contribution in [-0.2, 0) is 33.4 Å². The fourth-order valence-corrected chi connectivity index (χ4v) is 19.3. The van der Waals surface area contributed by atoms with Crippen LogP contribution in [0.25, 0.3) is 0 Å². The molecular weight excluding hydrogens is 775 g/mol. The van der Waals surface area contributed by atoms with E-state index in [1.54, 1.807) is 0 Å². The summed E-state index contributed by atoms with van der Waals surface area (Å²) in [6.07, 6.45) is 8.53. The number of nitriles is 2. The van der Waals surface area contributed by atoms with Crippen molar-refractivity contribution >= 4 is 29.3 Å². The molecule has 11 fully saturated rings. The summed E-state index contributed by atoms with van der Waals surface area (Å²) in [4.78, 5) is 63.5. The fourth-order valence-electron chi connectivity index (χ4n) is 19.3. The Bertz CT molecular complexity index is 2210. The number of carbonyl (C=O) groups excluding carboxylic acids is 5. The van der Waals surface area contributed by atoms with Crippen molar-refractivity contribution in [2.24, 2.45) is 91.5 Å². The van der Waals surface area contributed by atoms with Gasteiger partial charge in [-0.25, -0.2) is 0 Å². The molecule has 0 radical (unpaired) electrons. The predicted molar refractivity (Wildman–Crippen MR) is 216 cm³/mol. The van der Waals surface area contributed by atoms with Gasteiger partial charge in [-0.15, -0.1) is 0 Å². The van der Waals surface area contributed by atoms with Crippen LogP contribution in [0.1, 0.15) is 138 Å². The largest absolute Gasteiger partial charge is 0.458 e. The van der Waals surface area contributed by atoms with Gasteiger partial charge in [0.15, 0.2) is 5.78 Å². The fraction of sp³-hybridized carbons (Fsp3) is 0.816. The van der Waals surface area contributed by atoms with Crippen LogP contribution in [0.5, 0.6) is 0 Å². The van der Waals surface area contributed by atoms with E-state index in [9.17, 15) is 44.7 Å². The lowest BCUT2D eigenvalue weighted by Crippen LogP contribution is -2.65. The van der Waals surface area contributed by atoms with Gasteiger partial charge in [-0.2, -0.15) is 10.5 Å². The number of rotatable bonds is 0. The first-order valence-electron chi connectivity index (χ1n) is 23.0. The van der Waals surface area contributed by atoms with Crippen LogP contribution in [0.2, 0.25) is 0 Å². The molecule has 328 valence electrons. The van der Waals surface area contributed by atoms with E-state index in [-0.39, 0.29) is 94.9 Å². The van der Waals surface area contributed by atoms with Crippen LogP contribution in [0.15, 0.2) is 11.3 Å². The second-order valence-corrected chi connectivity index (χ2v) is 22.9. The molecule has 4 N–H and O–H groups in total. The first-order valence-corrected chi connectivity index (χ1v) is 23.0. The van der Waals surface area contributed by atoms with E-state index in [0.717, 1.165) is 32.1 Å². The number of aliphatic hydroxyl groups excluding tert-OH is 2. The molecule has 0 amide bonds. The Morgan fingerprint density at radius 1 is 0.639 bits per heavy atom. The molecular formula is C49H63N3O9. The number of hydrogen-bond donors (Lipinski definition) is 3. The maximum absolute atomic E-state index is 13.6. The molecule has 0 aromatic rings. The Hall–Kier alpha value is -3.61. The number of fused-ring (bicyclic) bond motifs is 14. The lowest BCUT2D eigenvalue weighted by atomic mass is 9.39. The molecule has 2 heterocycles. The van der Waals surface area contributed by atoms with E-state index >= 15 is 0 Å². The second kappa shape index (κ2) is 12.3. The number of ether oxygens (including phenoxy) is 2. The summed E-state index contributed by atoms with van der Waals surface area (Å²) >= 11 is 0. The highest BCUT2D eigenvalue weighted by atomic mass is 16.6. The number of esters is 2. The number of nitrogens with two attached hydrogens (primary N) is 1. The van der Waals surface area contributed by atoms with Gasteiger partial charge in [0.25, 0.3) is 0 Å². The van der Waals surface area contributed by atoms with Gasteiger partial charge in [0.05, 0.1) is 41.1 Å². The summed E-state index contributed by atoms with van der Waals surface area (Å²) in [5.41, 5.74) is 3.28. The number of carbonyl (C=O) groups is 5. The zero-order valence-electron chi connectivity index (χ0n) is 35.4. The normalized spacial score (nSPS) is 56.3. The Morgan fingerprint density at radius 3 is 1.67 bits per heavy atom. The van der Waals surface area contributed by atoms with Gasteiger partial charge in [0.2, 0.25) is 0 Å². The lowest BCUT2D eigenvalue weighted by molar-refractivity contribution is -0.213. The van der Waals surface area contributed by atoms with Crippen molar-refractivity contribution in [3.63, 3.8) is 0 Å². The summed E-state index contributed by atoms with van der Waals surface area (Å²) < 4.78 is 11.9. The van der Waals surface area contributed by atoms with Crippen LogP contribution >= 0.6 is 0 Å². The molecule has 12 nitrogen and oxygen atoms in total. The monoisotopic (exact) mass is 837 g/mol. The summed E-state index contributed by atoms with van der Waals surface area (Å²) in [5.74, 6) is -1.35. The maximum atomic E-state index is 13.6. The van der Waals surface area contributed by atoms with Gasteiger partial charge < -0.3 is 25.4 Å². The third kappa shape index (κ3) is 4.33. The molecule has 4 bridgehead atoms. The quantitative estimate of drug-likeness (QED) is 0.195. The summed E-state index contributed by atoms with van der Waals surface area (Å²) in [6.45, 7) is 8.54. The molecule has 10 unspecified atom stereocenters. The first-order chi connectivity index (χ1) is 28.3. The zero-order chi connectivity index (χ0) is 42.5. The van der Waals surface area contributed by atoms with Crippen LogP contribution < -0.4 is 5.73 Å². The number of hydrogen-bond acceptors (Lipinski definition) is 12. The Morgan fingerprint density at radius 2 is 1.16 bits per heavy atom. The summed E-state index contributed by atoms with van der Waals surface area (Å²) in [7, 11) is 0. The number of allylic oxidation sites excluding steroid dienone is 2. The standard InChI is InChI=1S/C24H30N2O4.C24H29NO5.CH4/c1-21-6-4-14(27)19-20(26)12(9-23(19,21)11-25)17-13-3-7-24(8-5-16(29)30-24)22(13,2)10-15(28)18(17)21;1-21-6-4-14(26)19-20(29)12(9-23(19,21)11-25)17-13-3-7-24(8-5-16(28)30-24)22(13,2)10-15(27)18(17)21;/h12-13,15,17-18,28H,3-10,26H2,1-2H3;12-13,15,17-19,27H,3-10H2,1-2H3;1H4/t12-,13?,15-,17?,18?,21?,22?,23+,24-;12-,13?,15-,17?,18?,19+,21?,22?,23+,24-;/m11./s1. The van der Waals surface area contributed by atoms with Crippen molar-refractivity contribution in [1.29, 1.82) is 10.5 Å². The van der Waals surface area contributed by atoms with E-state index in [1.807, 2.05) is 0 Å². The number of Topliss-reactive ketones (excluding diaryl/α,β-unsaturated/α-hetero) is 3. The number of nitrogens with zero attached hydrogens (tertiary/aromatic N) is 2. The molecule has 61 heavy (non-hydrogen) atoms. The Labute approximate surface area is 358 Å². The van der Waals surface area contributed by atoms with Crippen LogP contribution in [-0.4, -0.2) is 62.9 Å². The van der Waals surface area contributed by atoms with Crippen molar-refractivity contribution < 1.29 is 43.7 Å². The molecule has 0 aromatic heterocycles. The van der Waals surface area contributed by atoms with Gasteiger partial charge in [-0.3, -0.25) is 24.0 Å². The average molecular weight is 838 g/mol. The molecule has 19 atom stereocenters. The van der Waals surface area contributed by atoms with Crippen molar-refractivity contribution in [2.75, 3.05) is 0 Å². The molecule has 12 aliphatic rings. The highest BCUT2D eigenvalue weighted by Crippen LogP contribution is 2.79. The van der Waals surface area contributed by atoms with Gasteiger partial charge in [-0.1, -0.05) is 35.1 Å². The van der Waals surface area contributed by atoms with E-state index in [4.69, 9.17) is 15.2 Å². The first kappa shape index (κ1) is 41.4. The number of aliphatic hydroxyl groups is 2. The molecule has 2 spiro atoms. The van der Waals surface area contributed by atoms with Crippen LogP contribution in [0, 0.1) is 108 Å². The molecule has 2 aliphatic heterocycles. The van der Waals surface area contributed by atoms with Gasteiger partial charge in [0.1, 0.15) is 22.8 Å². The predicted octanol–water partition coefficient (Wildman–Crippen LogP) is 5.81. The Kier molecular flexibility index (Phi) is 8.38. The molecule has 12 rings (SSSR count). The second-order valence-electron chi connectivity index (χ2n) is 22.9. The SMILES string of the molecule is C.CC12C[C@@H](O)C3C(C1CC[C@@]21CCC(=O)O1)[C@H]1C[C@]2(C#N)C(=C1N)C(=O)CCC32C.CC12C[C@@H](O)C3C(C1CC[C@@]21CCC(=O)O1)[C@H]1C[C@]2(C#N)[C@@H](C(=O)CCC32C)C1=O. The topological polar surface area (TPSA) is 218 Å². The highest BCUT2D eigenvalue weighted by Gasteiger charge is 2.80. The van der Waals surface area contributed by atoms with E-state index in [2.05, 4.69) is 39.8 Å². The van der Waals surface area contributed by atoms with Crippen LogP contribution in [0.3, 0.4) is 0 Å². The molecule has 9 saturated carbocycles. The van der Waals surface area contributed by atoms with Crippen molar-refractivity contribution in [3.8, 4) is 12.1 Å². The average Bonchev–Trinajstić information content (AvgIpc) is 4.03. The molecule has 0 aromatic carbocycles. The summed E-state index contributed by atoms with van der Waals surface area (Å²) in [6, 6.07) is 5.02.